The molecule has 0 aromatic carbocycles. The maximum absolute atomic E-state index is 4.42. The van der Waals surface area contributed by atoms with Crippen LogP contribution < -0.4 is 4.90 Å². The number of rotatable bonds is 2. The zero-order valence-electron chi connectivity index (χ0n) is 8.73. The molecule has 1 aliphatic heterocycles. The summed E-state index contributed by atoms with van der Waals surface area (Å²) in [7, 11) is 0. The maximum Gasteiger partial charge on any atom is 0.225 e. The minimum absolute atomic E-state index is 0.903. The molecule has 80 valence electrons. The summed E-state index contributed by atoms with van der Waals surface area (Å²) in [6, 6.07) is 0. The van der Waals surface area contributed by atoms with Crippen LogP contribution in [0.5, 0.6) is 0 Å². The molecule has 2 heterocycles. The van der Waals surface area contributed by atoms with Gasteiger partial charge in [0.05, 0.1) is 0 Å². The van der Waals surface area contributed by atoms with Gasteiger partial charge in [0.25, 0.3) is 0 Å². The van der Waals surface area contributed by atoms with Gasteiger partial charge >= 0.3 is 0 Å². The number of aromatic nitrogens is 2. The Balaban J connectivity index is 1.72. The van der Waals surface area contributed by atoms with E-state index in [0.717, 1.165) is 41.2 Å². The summed E-state index contributed by atoms with van der Waals surface area (Å²) in [5.41, 5.74) is 1.22. The van der Waals surface area contributed by atoms with E-state index in [4.69, 9.17) is 0 Å². The minimum atomic E-state index is 0.903. The zero-order chi connectivity index (χ0) is 10.4. The average molecular weight is 315 g/mol. The average Bonchev–Trinajstić information content (AvgIpc) is 2.74. The normalized spacial score (nSPS) is 32.9. The Morgan fingerprint density at radius 2 is 1.93 bits per heavy atom. The van der Waals surface area contributed by atoms with E-state index in [9.17, 15) is 0 Å². The fourth-order valence-electron chi connectivity index (χ4n) is 2.31. The molecular weight excluding hydrogens is 301 g/mol. The van der Waals surface area contributed by atoms with Crippen molar-refractivity contribution < 1.29 is 0 Å². The molecule has 1 aromatic heterocycles. The van der Waals surface area contributed by atoms with Crippen molar-refractivity contribution in [2.45, 2.75) is 17.3 Å². The Labute approximate surface area is 103 Å². The topological polar surface area (TPSA) is 29.0 Å². The lowest BCUT2D eigenvalue weighted by molar-refractivity contribution is 0.797. The lowest BCUT2D eigenvalue weighted by Gasteiger charge is -2.18. The van der Waals surface area contributed by atoms with Crippen LogP contribution in [0.2, 0.25) is 0 Å². The van der Waals surface area contributed by atoms with Gasteiger partial charge in [-0.25, -0.2) is 9.97 Å². The first-order chi connectivity index (χ1) is 7.29. The Hall–Kier alpha value is -0.390. The number of halogens is 1. The Bertz CT molecular complexity index is 353. The highest BCUT2D eigenvalue weighted by molar-refractivity contribution is 14.1. The van der Waals surface area contributed by atoms with Crippen molar-refractivity contribution in [2.24, 2.45) is 11.8 Å². The van der Waals surface area contributed by atoms with Crippen LogP contribution >= 0.6 is 22.6 Å². The molecule has 2 unspecified atom stereocenters. The third-order valence-electron chi connectivity index (χ3n) is 3.47. The van der Waals surface area contributed by atoms with Crippen molar-refractivity contribution in [3.63, 3.8) is 0 Å². The summed E-state index contributed by atoms with van der Waals surface area (Å²) in [6.07, 6.45) is 4.92. The van der Waals surface area contributed by atoms with Gasteiger partial charge < -0.3 is 4.90 Å². The number of hydrogen-bond acceptors (Lipinski definition) is 3. The fourth-order valence-corrected chi connectivity index (χ4v) is 3.59. The third kappa shape index (κ3) is 1.62. The third-order valence-corrected chi connectivity index (χ3v) is 5.32. The summed E-state index contributed by atoms with van der Waals surface area (Å²) >= 11 is 2.57. The van der Waals surface area contributed by atoms with E-state index in [0.29, 0.717) is 0 Å². The molecule has 15 heavy (non-hydrogen) atoms. The number of fused-ring (bicyclic) bond motifs is 1. The Morgan fingerprint density at radius 3 is 2.47 bits per heavy atom. The summed E-state index contributed by atoms with van der Waals surface area (Å²) < 4.78 is 0.911. The number of piperidine rings is 1. The van der Waals surface area contributed by atoms with Crippen LogP contribution in [0, 0.1) is 11.8 Å². The predicted octanol–water partition coefficient (Wildman–Crippen LogP) is 1.91. The van der Waals surface area contributed by atoms with Gasteiger partial charge in [0, 0.05) is 29.4 Å². The van der Waals surface area contributed by atoms with Gasteiger partial charge in [-0.15, -0.1) is 0 Å². The smallest absolute Gasteiger partial charge is 0.225 e. The van der Waals surface area contributed by atoms with Crippen molar-refractivity contribution >= 4 is 28.5 Å². The summed E-state index contributed by atoms with van der Waals surface area (Å²) in [5.74, 6) is 2.73. The molecule has 1 saturated heterocycles. The van der Waals surface area contributed by atoms with E-state index in [1.54, 1.807) is 0 Å². The van der Waals surface area contributed by atoms with Gasteiger partial charge in [-0.1, -0.05) is 29.5 Å². The van der Waals surface area contributed by atoms with Gasteiger partial charge in [0.15, 0.2) is 0 Å². The Kier molecular flexibility index (Phi) is 2.34. The van der Waals surface area contributed by atoms with Crippen LogP contribution in [0.3, 0.4) is 0 Å². The van der Waals surface area contributed by atoms with Crippen LogP contribution in [0.4, 0.5) is 5.95 Å². The van der Waals surface area contributed by atoms with Crippen LogP contribution in [0.1, 0.15) is 12.5 Å². The maximum atomic E-state index is 4.42. The van der Waals surface area contributed by atoms with Crippen molar-refractivity contribution in [3.05, 3.63) is 18.0 Å². The first kappa shape index (κ1) is 9.81. The fraction of sp³-hybridized carbons (Fsp3) is 0.636. The Morgan fingerprint density at radius 1 is 1.33 bits per heavy atom. The van der Waals surface area contributed by atoms with E-state index in [-0.39, 0.29) is 0 Å². The molecule has 3 nitrogen and oxygen atoms in total. The molecule has 2 fully saturated rings. The van der Waals surface area contributed by atoms with Crippen molar-refractivity contribution in [1.82, 2.24) is 9.97 Å². The van der Waals surface area contributed by atoms with Crippen molar-refractivity contribution in [3.8, 4) is 0 Å². The molecule has 0 spiro atoms. The lowest BCUT2D eigenvalue weighted by atomic mass is 10.3. The second kappa shape index (κ2) is 3.57. The molecule has 0 bridgehead atoms. The van der Waals surface area contributed by atoms with Crippen LogP contribution in [-0.4, -0.2) is 27.0 Å². The second-order valence-corrected chi connectivity index (χ2v) is 5.86. The first-order valence-corrected chi connectivity index (χ1v) is 6.74. The number of aryl methyl sites for hydroxylation is 1. The largest absolute Gasteiger partial charge is 0.340 e. The highest BCUT2D eigenvalue weighted by Crippen LogP contribution is 2.51. The number of nitrogens with zero attached hydrogens (tertiary/aromatic N) is 3. The molecule has 2 aliphatic rings. The number of alkyl halides is 1. The molecule has 4 heteroatoms. The van der Waals surface area contributed by atoms with E-state index in [1.165, 1.54) is 5.56 Å². The predicted molar refractivity (Wildman–Crippen MR) is 68.4 cm³/mol. The number of hydrogen-bond donors (Lipinski definition) is 0. The van der Waals surface area contributed by atoms with Crippen molar-refractivity contribution in [1.29, 1.82) is 0 Å². The molecule has 3 rings (SSSR count). The second-order valence-electron chi connectivity index (χ2n) is 4.42. The first-order valence-electron chi connectivity index (χ1n) is 5.49. The van der Waals surface area contributed by atoms with Gasteiger partial charge in [-0.2, -0.15) is 0 Å². The van der Waals surface area contributed by atoms with Crippen LogP contribution in [0.25, 0.3) is 0 Å². The number of anilines is 1. The molecule has 1 aromatic rings. The van der Waals surface area contributed by atoms with Crippen LogP contribution in [-0.2, 0) is 6.42 Å². The zero-order valence-corrected chi connectivity index (χ0v) is 10.9. The summed E-state index contributed by atoms with van der Waals surface area (Å²) in [6.45, 7) is 4.44. The van der Waals surface area contributed by atoms with Gasteiger partial charge in [-0.05, 0) is 23.8 Å². The molecule has 0 radical (unpaired) electrons. The van der Waals surface area contributed by atoms with Crippen LogP contribution in [0.15, 0.2) is 12.4 Å². The molecule has 1 saturated carbocycles. The molecule has 3 atom stereocenters. The van der Waals surface area contributed by atoms with E-state index in [1.807, 2.05) is 12.4 Å². The highest BCUT2D eigenvalue weighted by Gasteiger charge is 2.54. The van der Waals surface area contributed by atoms with E-state index >= 15 is 0 Å². The molecule has 1 aliphatic carbocycles. The SMILES string of the molecule is CCc1cnc(N2CC3C(I)[C@H]3C2)nc1. The quantitative estimate of drug-likeness (QED) is 0.617. The van der Waals surface area contributed by atoms with Gasteiger partial charge in [0.2, 0.25) is 5.95 Å². The van der Waals surface area contributed by atoms with Gasteiger partial charge in [0.1, 0.15) is 0 Å². The van der Waals surface area contributed by atoms with E-state index in [2.05, 4.69) is 44.4 Å². The summed E-state index contributed by atoms with van der Waals surface area (Å²) in [4.78, 5) is 11.2. The molecule has 0 N–H and O–H groups in total. The molecule has 0 amide bonds. The van der Waals surface area contributed by atoms with Crippen molar-refractivity contribution in [2.75, 3.05) is 18.0 Å². The standard InChI is InChI=1S/C11H14IN3/c1-2-7-3-13-11(14-4-7)15-5-8-9(6-15)10(8)12/h3-4,8-10H,2,5-6H2,1H3/t8-,9?,10?/m0/s1. The highest BCUT2D eigenvalue weighted by atomic mass is 127. The molecular formula is C11H14IN3. The monoisotopic (exact) mass is 315 g/mol. The van der Waals surface area contributed by atoms with Gasteiger partial charge in [-0.3, -0.25) is 0 Å². The van der Waals surface area contributed by atoms with E-state index < -0.39 is 0 Å². The summed E-state index contributed by atoms with van der Waals surface area (Å²) in [5, 5.41) is 0. The minimum Gasteiger partial charge on any atom is -0.340 e. The lowest BCUT2D eigenvalue weighted by Crippen LogP contribution is -2.25.